The first-order chi connectivity index (χ1) is 14.8. The lowest BCUT2D eigenvalue weighted by Gasteiger charge is -2.32. The predicted molar refractivity (Wildman–Crippen MR) is 113 cm³/mol. The molecule has 2 aliphatic heterocycles. The van der Waals surface area contributed by atoms with E-state index in [-0.39, 0.29) is 30.2 Å². The van der Waals surface area contributed by atoms with Crippen LogP contribution in [0.25, 0.3) is 0 Å². The molecule has 5 amide bonds. The number of carbonyl (C=O) groups is 4. The minimum atomic E-state index is -0.870. The molecular formula is C22H30N5O4+. The van der Waals surface area contributed by atoms with Gasteiger partial charge in [-0.2, -0.15) is 0 Å². The lowest BCUT2D eigenvalue weighted by molar-refractivity contribution is -0.895. The third kappa shape index (κ3) is 4.56. The molecule has 9 heteroatoms. The van der Waals surface area contributed by atoms with E-state index < -0.39 is 11.6 Å². The summed E-state index contributed by atoms with van der Waals surface area (Å²) in [6, 6.07) is 7.17. The highest BCUT2D eigenvalue weighted by Gasteiger charge is 2.56. The van der Waals surface area contributed by atoms with Crippen molar-refractivity contribution in [2.45, 2.75) is 32.2 Å². The largest absolute Gasteiger partial charge is 0.330 e. The number of benzene rings is 1. The molecule has 1 saturated carbocycles. The zero-order valence-electron chi connectivity index (χ0n) is 18.1. The third-order valence-electron chi connectivity index (χ3n) is 6.56. The average molecular weight is 429 g/mol. The summed E-state index contributed by atoms with van der Waals surface area (Å²) in [7, 11) is 0. The number of aryl methyl sites for hydroxylation is 1. The molecule has 0 bridgehead atoms. The highest BCUT2D eigenvalue weighted by molar-refractivity contribution is 6.09. The highest BCUT2D eigenvalue weighted by atomic mass is 16.2. The van der Waals surface area contributed by atoms with Gasteiger partial charge in [-0.1, -0.05) is 17.7 Å². The molecule has 3 aliphatic rings. The molecule has 3 fully saturated rings. The molecule has 31 heavy (non-hydrogen) atoms. The molecule has 2 heterocycles. The molecule has 166 valence electrons. The number of amides is 5. The maximum absolute atomic E-state index is 12.7. The fourth-order valence-corrected chi connectivity index (χ4v) is 4.35. The normalized spacial score (nSPS) is 24.3. The van der Waals surface area contributed by atoms with Crippen molar-refractivity contribution >= 4 is 29.4 Å². The van der Waals surface area contributed by atoms with Crippen LogP contribution in [-0.2, 0) is 14.4 Å². The van der Waals surface area contributed by atoms with Crippen molar-refractivity contribution in [3.05, 3.63) is 29.8 Å². The number of nitrogens with one attached hydrogen (secondary N) is 3. The van der Waals surface area contributed by atoms with Gasteiger partial charge in [-0.15, -0.1) is 0 Å². The minimum Gasteiger partial charge on any atom is -0.330 e. The summed E-state index contributed by atoms with van der Waals surface area (Å²) < 4.78 is 0. The molecule has 1 atom stereocenters. The third-order valence-corrected chi connectivity index (χ3v) is 6.56. The highest BCUT2D eigenvalue weighted by Crippen LogP contribution is 2.42. The molecule has 4 rings (SSSR count). The molecule has 1 aliphatic carbocycles. The van der Waals surface area contributed by atoms with Crippen LogP contribution in [-0.4, -0.2) is 78.4 Å². The van der Waals surface area contributed by atoms with E-state index in [4.69, 9.17) is 0 Å². The quantitative estimate of drug-likeness (QED) is 0.526. The summed E-state index contributed by atoms with van der Waals surface area (Å²) in [4.78, 5) is 53.8. The summed E-state index contributed by atoms with van der Waals surface area (Å²) in [5.41, 5.74) is 1.04. The van der Waals surface area contributed by atoms with Gasteiger partial charge in [0, 0.05) is 5.69 Å². The first-order valence-electron chi connectivity index (χ1n) is 10.9. The molecule has 0 unspecified atom stereocenters. The van der Waals surface area contributed by atoms with E-state index in [9.17, 15) is 19.2 Å². The Kier molecular flexibility index (Phi) is 5.70. The van der Waals surface area contributed by atoms with Crippen molar-refractivity contribution in [1.82, 2.24) is 15.1 Å². The molecule has 9 nitrogen and oxygen atoms in total. The van der Waals surface area contributed by atoms with Crippen molar-refractivity contribution < 1.29 is 24.1 Å². The fourth-order valence-electron chi connectivity index (χ4n) is 4.35. The monoisotopic (exact) mass is 428 g/mol. The molecular weight excluding hydrogens is 398 g/mol. The van der Waals surface area contributed by atoms with Crippen LogP contribution in [0.2, 0.25) is 0 Å². The van der Waals surface area contributed by atoms with Crippen LogP contribution in [0.15, 0.2) is 24.3 Å². The summed E-state index contributed by atoms with van der Waals surface area (Å²) in [5, 5.41) is 5.67. The Morgan fingerprint density at radius 1 is 1.16 bits per heavy atom. The lowest BCUT2D eigenvalue weighted by Crippen LogP contribution is -3.15. The fraction of sp³-hybridized carbons (Fsp3) is 0.545. The van der Waals surface area contributed by atoms with Gasteiger partial charge >= 0.3 is 6.03 Å². The van der Waals surface area contributed by atoms with E-state index in [2.05, 4.69) is 10.6 Å². The Balaban J connectivity index is 1.23. The van der Waals surface area contributed by atoms with Crippen LogP contribution in [0.5, 0.6) is 0 Å². The van der Waals surface area contributed by atoms with Crippen LogP contribution >= 0.6 is 0 Å². The van der Waals surface area contributed by atoms with E-state index in [1.807, 2.05) is 31.2 Å². The second-order valence-electron chi connectivity index (χ2n) is 9.02. The van der Waals surface area contributed by atoms with Crippen LogP contribution in [0.4, 0.5) is 10.5 Å². The predicted octanol–water partition coefficient (Wildman–Crippen LogP) is -0.619. The van der Waals surface area contributed by atoms with Crippen LogP contribution in [0, 0.1) is 12.8 Å². The molecule has 3 N–H and O–H groups in total. The first kappa shape index (κ1) is 21.3. The van der Waals surface area contributed by atoms with Crippen LogP contribution < -0.4 is 15.5 Å². The average Bonchev–Trinajstić information content (AvgIpc) is 3.56. The van der Waals surface area contributed by atoms with Gasteiger partial charge in [0.25, 0.3) is 11.8 Å². The van der Waals surface area contributed by atoms with Gasteiger partial charge in [0.1, 0.15) is 12.1 Å². The van der Waals surface area contributed by atoms with Gasteiger partial charge in [-0.25, -0.2) is 4.79 Å². The zero-order valence-corrected chi connectivity index (χ0v) is 18.1. The molecule has 0 aromatic heterocycles. The SMILES string of the molecule is Cc1ccc(NC(=O)C[NH+]2CCN(C(=O)CN3C(=O)N[C@](C)(C4CC4)C3=O)CC2)cc1. The number of rotatable bonds is 6. The second-order valence-corrected chi connectivity index (χ2v) is 9.02. The molecule has 0 spiro atoms. The Bertz CT molecular complexity index is 890. The van der Waals surface area contributed by atoms with E-state index in [0.717, 1.165) is 33.9 Å². The Morgan fingerprint density at radius 2 is 1.81 bits per heavy atom. The summed E-state index contributed by atoms with van der Waals surface area (Å²) in [6.45, 7) is 6.14. The van der Waals surface area contributed by atoms with E-state index >= 15 is 0 Å². The van der Waals surface area contributed by atoms with Crippen molar-refractivity contribution in [1.29, 1.82) is 0 Å². The number of piperazine rings is 1. The number of urea groups is 1. The standard InChI is InChI=1S/C22H29N5O4/c1-15-3-7-17(8-4-15)23-18(28)13-25-9-11-26(12-10-25)19(29)14-27-20(30)22(2,16-5-6-16)24-21(27)31/h3-4,7-8,16H,5-6,9-14H2,1-2H3,(H,23,28)(H,24,31)/p+1/t22-/m1/s1. The van der Waals surface area contributed by atoms with Crippen LogP contribution in [0.3, 0.4) is 0 Å². The number of carbonyl (C=O) groups excluding carboxylic acids is 4. The number of quaternary nitrogens is 1. The first-order valence-corrected chi connectivity index (χ1v) is 10.9. The van der Waals surface area contributed by atoms with Gasteiger partial charge in [-0.05, 0) is 44.7 Å². The molecule has 2 saturated heterocycles. The van der Waals surface area contributed by atoms with Gasteiger partial charge < -0.3 is 20.4 Å². The van der Waals surface area contributed by atoms with Crippen molar-refractivity contribution in [3.8, 4) is 0 Å². The summed E-state index contributed by atoms with van der Waals surface area (Å²) in [5.74, 6) is -0.420. The summed E-state index contributed by atoms with van der Waals surface area (Å²) >= 11 is 0. The van der Waals surface area contributed by atoms with Crippen LogP contribution in [0.1, 0.15) is 25.3 Å². The summed E-state index contributed by atoms with van der Waals surface area (Å²) in [6.07, 6.45) is 1.85. The molecule has 1 aromatic rings. The van der Waals surface area contributed by atoms with Gasteiger partial charge in [0.15, 0.2) is 6.54 Å². The Hall–Kier alpha value is -2.94. The smallest absolute Gasteiger partial charge is 0.325 e. The second kappa shape index (κ2) is 8.30. The lowest BCUT2D eigenvalue weighted by atomic mass is 9.96. The number of anilines is 1. The van der Waals surface area contributed by atoms with E-state index in [0.29, 0.717) is 32.7 Å². The topological polar surface area (TPSA) is 103 Å². The Morgan fingerprint density at radius 3 is 2.42 bits per heavy atom. The van der Waals surface area contributed by atoms with Crippen molar-refractivity contribution in [3.63, 3.8) is 0 Å². The van der Waals surface area contributed by atoms with Gasteiger partial charge in [-0.3, -0.25) is 19.3 Å². The van der Waals surface area contributed by atoms with E-state index in [1.54, 1.807) is 11.8 Å². The van der Waals surface area contributed by atoms with E-state index in [1.165, 1.54) is 0 Å². The van der Waals surface area contributed by atoms with Gasteiger partial charge in [0.05, 0.1) is 26.2 Å². The number of hydrogen-bond donors (Lipinski definition) is 3. The van der Waals surface area contributed by atoms with Gasteiger partial charge in [0.2, 0.25) is 5.91 Å². The maximum Gasteiger partial charge on any atom is 0.325 e. The number of hydrogen-bond acceptors (Lipinski definition) is 4. The van der Waals surface area contributed by atoms with Crippen molar-refractivity contribution in [2.24, 2.45) is 5.92 Å². The maximum atomic E-state index is 12.7. The molecule has 1 aromatic carbocycles. The number of nitrogens with zero attached hydrogens (tertiary/aromatic N) is 2. The van der Waals surface area contributed by atoms with Crippen molar-refractivity contribution in [2.75, 3.05) is 44.6 Å². The minimum absolute atomic E-state index is 0.0580. The molecule has 0 radical (unpaired) electrons. The zero-order chi connectivity index (χ0) is 22.2. The Labute approximate surface area is 181 Å². The number of imide groups is 1.